The molecule has 0 spiro atoms. The van der Waals surface area contributed by atoms with Gasteiger partial charge in [-0.15, -0.1) is 0 Å². The molecule has 0 saturated carbocycles. The van der Waals surface area contributed by atoms with Gasteiger partial charge < -0.3 is 5.11 Å². The van der Waals surface area contributed by atoms with Crippen molar-refractivity contribution in [2.75, 3.05) is 0 Å². The summed E-state index contributed by atoms with van der Waals surface area (Å²) in [6, 6.07) is 23.9. The van der Waals surface area contributed by atoms with E-state index in [9.17, 15) is 5.11 Å². The molecule has 0 heterocycles. The number of unbranched alkanes of at least 4 members (excludes halogenated alkanes) is 2. The minimum Gasteiger partial charge on any atom is -0.508 e. The molecule has 0 aliphatic rings. The van der Waals surface area contributed by atoms with Crippen LogP contribution in [0.4, 0.5) is 0 Å². The van der Waals surface area contributed by atoms with Gasteiger partial charge in [0.05, 0.1) is 0 Å². The number of phenolic OH excluding ortho intramolecular Hbond substituents is 1. The number of hydrogen-bond acceptors (Lipinski definition) is 1. The van der Waals surface area contributed by atoms with Crippen LogP contribution in [0.2, 0.25) is 0 Å². The summed E-state index contributed by atoms with van der Waals surface area (Å²) in [6.07, 6.45) is 9.00. The molecule has 1 nitrogen and oxygen atoms in total. The van der Waals surface area contributed by atoms with Crippen molar-refractivity contribution >= 4 is 0 Å². The Hall–Kier alpha value is -2.54. The van der Waals surface area contributed by atoms with Crippen molar-refractivity contribution in [1.29, 1.82) is 0 Å². The summed E-state index contributed by atoms with van der Waals surface area (Å²) < 4.78 is 0. The SMILES string of the molecule is CCCCc1ccccc1C(C)Cc1cccc(O)c1CC(C)c1ccccc1CCCC. The van der Waals surface area contributed by atoms with Crippen molar-refractivity contribution in [2.45, 2.75) is 90.9 Å². The Kier molecular flexibility index (Phi) is 9.61. The summed E-state index contributed by atoms with van der Waals surface area (Å²) in [5.41, 5.74) is 8.23. The molecule has 0 aliphatic carbocycles. The molecule has 3 aromatic rings. The third-order valence-corrected chi connectivity index (χ3v) is 7.06. The highest BCUT2D eigenvalue weighted by atomic mass is 16.3. The second-order valence-electron chi connectivity index (χ2n) is 9.73. The Morgan fingerprint density at radius 3 is 1.64 bits per heavy atom. The van der Waals surface area contributed by atoms with Crippen LogP contribution >= 0.6 is 0 Å². The average Bonchev–Trinajstić information content (AvgIpc) is 2.83. The maximum atomic E-state index is 10.9. The molecule has 2 unspecified atom stereocenters. The molecule has 2 atom stereocenters. The summed E-state index contributed by atoms with van der Waals surface area (Å²) in [5, 5.41) is 10.9. The quantitative estimate of drug-likeness (QED) is 0.297. The molecule has 1 heteroatoms. The predicted octanol–water partition coefficient (Wildman–Crippen LogP) is 8.77. The first-order valence-corrected chi connectivity index (χ1v) is 13.0. The van der Waals surface area contributed by atoms with Crippen molar-refractivity contribution in [3.63, 3.8) is 0 Å². The zero-order valence-electron chi connectivity index (χ0n) is 21.1. The number of aryl methyl sites for hydroxylation is 2. The first kappa shape index (κ1) is 25.1. The van der Waals surface area contributed by atoms with Crippen molar-refractivity contribution in [3.8, 4) is 5.75 Å². The largest absolute Gasteiger partial charge is 0.508 e. The Balaban J connectivity index is 1.83. The lowest BCUT2D eigenvalue weighted by molar-refractivity contribution is 0.464. The van der Waals surface area contributed by atoms with Crippen LogP contribution in [0.5, 0.6) is 5.75 Å². The van der Waals surface area contributed by atoms with Gasteiger partial charge in [0.25, 0.3) is 0 Å². The van der Waals surface area contributed by atoms with E-state index in [-0.39, 0.29) is 0 Å². The van der Waals surface area contributed by atoms with E-state index < -0.39 is 0 Å². The summed E-state index contributed by atoms with van der Waals surface area (Å²) >= 11 is 0. The standard InChI is InChI=1S/C32H42O/c1-5-7-14-26-16-9-11-19-29(26)24(3)22-28-18-13-21-32(33)31(28)23-25(4)30-20-12-10-17-27(30)15-8-6-2/h9-13,16-21,24-25,33H,5-8,14-15,22-23H2,1-4H3. The average molecular weight is 443 g/mol. The van der Waals surface area contributed by atoms with Crippen molar-refractivity contribution in [2.24, 2.45) is 0 Å². The molecule has 0 aromatic heterocycles. The monoisotopic (exact) mass is 442 g/mol. The van der Waals surface area contributed by atoms with E-state index in [0.29, 0.717) is 17.6 Å². The van der Waals surface area contributed by atoms with Gasteiger partial charge in [-0.2, -0.15) is 0 Å². The molecule has 0 saturated heterocycles. The lowest BCUT2D eigenvalue weighted by Crippen LogP contribution is -2.08. The first-order chi connectivity index (χ1) is 16.0. The zero-order chi connectivity index (χ0) is 23.6. The summed E-state index contributed by atoms with van der Waals surface area (Å²) in [6.45, 7) is 9.15. The number of benzene rings is 3. The minimum atomic E-state index is 0.372. The van der Waals surface area contributed by atoms with Crippen LogP contribution in [0, 0.1) is 0 Å². The number of phenols is 1. The van der Waals surface area contributed by atoms with Crippen LogP contribution in [0.15, 0.2) is 66.7 Å². The van der Waals surface area contributed by atoms with E-state index in [1.54, 1.807) is 0 Å². The smallest absolute Gasteiger partial charge is 0.119 e. The Morgan fingerprint density at radius 1 is 0.606 bits per heavy atom. The maximum Gasteiger partial charge on any atom is 0.119 e. The van der Waals surface area contributed by atoms with E-state index in [1.807, 2.05) is 12.1 Å². The molecule has 3 aromatic carbocycles. The van der Waals surface area contributed by atoms with Crippen LogP contribution in [0.3, 0.4) is 0 Å². The second kappa shape index (κ2) is 12.6. The number of rotatable bonds is 12. The predicted molar refractivity (Wildman–Crippen MR) is 142 cm³/mol. The van der Waals surface area contributed by atoms with Crippen LogP contribution in [-0.4, -0.2) is 5.11 Å². The van der Waals surface area contributed by atoms with E-state index in [4.69, 9.17) is 0 Å². The zero-order valence-corrected chi connectivity index (χ0v) is 21.1. The van der Waals surface area contributed by atoms with Crippen molar-refractivity contribution in [1.82, 2.24) is 0 Å². The Bertz CT molecular complexity index is 1000. The maximum absolute atomic E-state index is 10.9. The fraction of sp³-hybridized carbons (Fsp3) is 0.438. The normalized spacial score (nSPS) is 13.1. The van der Waals surface area contributed by atoms with E-state index >= 15 is 0 Å². The summed E-state index contributed by atoms with van der Waals surface area (Å²) in [4.78, 5) is 0. The van der Waals surface area contributed by atoms with Crippen LogP contribution in [0.1, 0.15) is 98.6 Å². The first-order valence-electron chi connectivity index (χ1n) is 13.0. The molecule has 0 fully saturated rings. The molecular formula is C32H42O. The van der Waals surface area contributed by atoms with Gasteiger partial charge in [-0.25, -0.2) is 0 Å². The van der Waals surface area contributed by atoms with Gasteiger partial charge in [-0.05, 0) is 89.8 Å². The van der Waals surface area contributed by atoms with Gasteiger partial charge in [-0.1, -0.05) is 101 Å². The molecule has 0 bridgehead atoms. The van der Waals surface area contributed by atoms with E-state index in [1.165, 1.54) is 53.5 Å². The van der Waals surface area contributed by atoms with Gasteiger partial charge in [-0.3, -0.25) is 0 Å². The summed E-state index contributed by atoms with van der Waals surface area (Å²) in [7, 11) is 0. The Morgan fingerprint density at radius 2 is 1.09 bits per heavy atom. The molecule has 0 amide bonds. The fourth-order valence-corrected chi connectivity index (χ4v) is 5.12. The fourth-order valence-electron chi connectivity index (χ4n) is 5.12. The minimum absolute atomic E-state index is 0.372. The summed E-state index contributed by atoms with van der Waals surface area (Å²) in [5.74, 6) is 1.24. The molecule has 0 radical (unpaired) electrons. The molecule has 3 rings (SSSR count). The number of aromatic hydroxyl groups is 1. The molecule has 0 aliphatic heterocycles. The Labute approximate surface area is 201 Å². The molecule has 176 valence electrons. The van der Waals surface area contributed by atoms with Gasteiger partial charge in [0.1, 0.15) is 5.75 Å². The van der Waals surface area contributed by atoms with Gasteiger partial charge >= 0.3 is 0 Å². The van der Waals surface area contributed by atoms with E-state index in [0.717, 1.165) is 31.2 Å². The van der Waals surface area contributed by atoms with E-state index in [2.05, 4.69) is 82.3 Å². The van der Waals surface area contributed by atoms with Crippen LogP contribution in [-0.2, 0) is 25.7 Å². The topological polar surface area (TPSA) is 20.2 Å². The second-order valence-corrected chi connectivity index (χ2v) is 9.73. The lowest BCUT2D eigenvalue weighted by atomic mass is 9.83. The number of hydrogen-bond donors (Lipinski definition) is 1. The van der Waals surface area contributed by atoms with Gasteiger partial charge in [0.2, 0.25) is 0 Å². The van der Waals surface area contributed by atoms with Gasteiger partial charge in [0.15, 0.2) is 0 Å². The van der Waals surface area contributed by atoms with Crippen molar-refractivity contribution < 1.29 is 5.11 Å². The highest BCUT2D eigenvalue weighted by Crippen LogP contribution is 2.33. The van der Waals surface area contributed by atoms with Crippen molar-refractivity contribution in [3.05, 3.63) is 100 Å². The van der Waals surface area contributed by atoms with Crippen LogP contribution in [0.25, 0.3) is 0 Å². The molecule has 33 heavy (non-hydrogen) atoms. The molecule has 1 N–H and O–H groups in total. The van der Waals surface area contributed by atoms with Crippen LogP contribution < -0.4 is 0 Å². The third-order valence-electron chi connectivity index (χ3n) is 7.06. The van der Waals surface area contributed by atoms with Gasteiger partial charge in [0, 0.05) is 0 Å². The molecular weight excluding hydrogens is 400 g/mol. The highest BCUT2D eigenvalue weighted by Gasteiger charge is 2.18. The third kappa shape index (κ3) is 6.73. The lowest BCUT2D eigenvalue weighted by Gasteiger charge is -2.22. The highest BCUT2D eigenvalue weighted by molar-refractivity contribution is 5.43.